The molecule has 0 atom stereocenters. The van der Waals surface area contributed by atoms with Gasteiger partial charge in [-0.15, -0.1) is 0 Å². The van der Waals surface area contributed by atoms with Gasteiger partial charge < -0.3 is 15.4 Å². The van der Waals surface area contributed by atoms with Gasteiger partial charge in [-0.1, -0.05) is 36.4 Å². The lowest BCUT2D eigenvalue weighted by Gasteiger charge is -2.09. The Morgan fingerprint density at radius 2 is 1.90 bits per heavy atom. The second-order valence-electron chi connectivity index (χ2n) is 4.65. The monoisotopic (exact) mass is 284 g/mol. The molecule has 0 radical (unpaired) electrons. The van der Waals surface area contributed by atoms with Crippen LogP contribution in [0.2, 0.25) is 0 Å². The molecule has 1 amide bonds. The molecule has 0 fully saturated rings. The van der Waals surface area contributed by atoms with Crippen molar-refractivity contribution in [2.75, 3.05) is 25.5 Å². The lowest BCUT2D eigenvalue weighted by atomic mass is 10.1. The number of carbonyl (C=O) groups excluding carboxylic acids is 1. The summed E-state index contributed by atoms with van der Waals surface area (Å²) in [7, 11) is 1.59. The number of hydrogen-bond donors (Lipinski definition) is 2. The molecule has 4 heteroatoms. The van der Waals surface area contributed by atoms with Crippen LogP contribution in [0.25, 0.3) is 0 Å². The molecule has 0 aliphatic carbocycles. The molecule has 0 aliphatic heterocycles. The molecule has 0 saturated carbocycles. The van der Waals surface area contributed by atoms with E-state index in [-0.39, 0.29) is 12.5 Å². The zero-order chi connectivity index (χ0) is 14.9. The fraction of sp³-hybridized carbons (Fsp3) is 0.235. The van der Waals surface area contributed by atoms with Gasteiger partial charge in [-0.25, -0.2) is 0 Å². The third-order valence-corrected chi connectivity index (χ3v) is 3.07. The molecule has 0 bridgehead atoms. The van der Waals surface area contributed by atoms with Crippen molar-refractivity contribution in [1.82, 2.24) is 5.32 Å². The van der Waals surface area contributed by atoms with Gasteiger partial charge in [0.25, 0.3) is 5.91 Å². The number of amides is 1. The van der Waals surface area contributed by atoms with E-state index in [1.807, 2.05) is 42.5 Å². The van der Waals surface area contributed by atoms with Gasteiger partial charge in [0.15, 0.2) is 6.61 Å². The Kier molecular flexibility index (Phi) is 5.64. The molecule has 2 N–H and O–H groups in total. The molecule has 0 unspecified atom stereocenters. The molecule has 0 heterocycles. The first-order valence-electron chi connectivity index (χ1n) is 6.99. The molecule has 2 aromatic carbocycles. The quantitative estimate of drug-likeness (QED) is 0.821. The standard InChI is InChI=1S/C17H20N2O2/c1-18-17(20)13-21-16-9-5-8-15(12-16)19-11-10-14-6-3-2-4-7-14/h2-9,12,19H,10-11,13H2,1H3,(H,18,20). The second kappa shape index (κ2) is 7.94. The minimum absolute atomic E-state index is 0.0317. The average molecular weight is 284 g/mol. The summed E-state index contributed by atoms with van der Waals surface area (Å²) in [5, 5.41) is 5.88. The van der Waals surface area contributed by atoms with Crippen molar-refractivity contribution in [2.24, 2.45) is 0 Å². The molecule has 110 valence electrons. The van der Waals surface area contributed by atoms with Crippen LogP contribution in [0.5, 0.6) is 5.75 Å². The van der Waals surface area contributed by atoms with Crippen LogP contribution in [0.3, 0.4) is 0 Å². The fourth-order valence-corrected chi connectivity index (χ4v) is 1.91. The van der Waals surface area contributed by atoms with Crippen LogP contribution in [0.4, 0.5) is 5.69 Å². The number of hydrogen-bond acceptors (Lipinski definition) is 3. The van der Waals surface area contributed by atoms with Crippen LogP contribution < -0.4 is 15.4 Å². The van der Waals surface area contributed by atoms with Crippen LogP contribution in [0.1, 0.15) is 5.56 Å². The highest BCUT2D eigenvalue weighted by Crippen LogP contribution is 2.17. The first-order chi connectivity index (χ1) is 10.3. The number of rotatable bonds is 7. The van der Waals surface area contributed by atoms with Gasteiger partial charge >= 0.3 is 0 Å². The maximum absolute atomic E-state index is 11.1. The highest BCUT2D eigenvalue weighted by molar-refractivity contribution is 5.77. The molecule has 0 saturated heterocycles. The highest BCUT2D eigenvalue weighted by atomic mass is 16.5. The largest absolute Gasteiger partial charge is 0.484 e. The van der Waals surface area contributed by atoms with E-state index in [2.05, 4.69) is 22.8 Å². The van der Waals surface area contributed by atoms with Gasteiger partial charge in [0.2, 0.25) is 0 Å². The van der Waals surface area contributed by atoms with E-state index in [1.54, 1.807) is 7.05 Å². The summed E-state index contributed by atoms with van der Waals surface area (Å²) in [5.74, 6) is 0.542. The number of carbonyl (C=O) groups is 1. The summed E-state index contributed by atoms with van der Waals surface area (Å²) >= 11 is 0. The van der Waals surface area contributed by atoms with E-state index in [0.717, 1.165) is 18.7 Å². The lowest BCUT2D eigenvalue weighted by Crippen LogP contribution is -2.24. The fourth-order valence-electron chi connectivity index (χ4n) is 1.91. The second-order valence-corrected chi connectivity index (χ2v) is 4.65. The molecule has 21 heavy (non-hydrogen) atoms. The Balaban J connectivity index is 1.82. The van der Waals surface area contributed by atoms with Gasteiger partial charge in [-0.2, -0.15) is 0 Å². The van der Waals surface area contributed by atoms with Crippen LogP contribution >= 0.6 is 0 Å². The normalized spacial score (nSPS) is 9.95. The minimum atomic E-state index is -0.141. The Labute approximate surface area is 125 Å². The third-order valence-electron chi connectivity index (χ3n) is 3.07. The molecule has 4 nitrogen and oxygen atoms in total. The van der Waals surface area contributed by atoms with Gasteiger partial charge in [0.1, 0.15) is 5.75 Å². The van der Waals surface area contributed by atoms with E-state index in [4.69, 9.17) is 4.74 Å². The summed E-state index contributed by atoms with van der Waals surface area (Å²) in [6.07, 6.45) is 0.962. The van der Waals surface area contributed by atoms with E-state index < -0.39 is 0 Å². The number of nitrogens with one attached hydrogen (secondary N) is 2. The zero-order valence-corrected chi connectivity index (χ0v) is 12.1. The predicted molar refractivity (Wildman–Crippen MR) is 84.6 cm³/mol. The van der Waals surface area contributed by atoms with E-state index >= 15 is 0 Å². The van der Waals surface area contributed by atoms with Crippen LogP contribution in [0, 0.1) is 0 Å². The van der Waals surface area contributed by atoms with Crippen molar-refractivity contribution in [1.29, 1.82) is 0 Å². The van der Waals surface area contributed by atoms with Crippen molar-refractivity contribution in [3.05, 3.63) is 60.2 Å². The number of benzene rings is 2. The third kappa shape index (κ3) is 5.18. The Morgan fingerprint density at radius 3 is 2.67 bits per heavy atom. The summed E-state index contributed by atoms with van der Waals surface area (Å²) in [6, 6.07) is 18.0. The van der Waals surface area contributed by atoms with Crippen molar-refractivity contribution < 1.29 is 9.53 Å². The molecular weight excluding hydrogens is 264 g/mol. The first-order valence-corrected chi connectivity index (χ1v) is 6.99. The number of anilines is 1. The predicted octanol–water partition coefficient (Wildman–Crippen LogP) is 2.47. The smallest absolute Gasteiger partial charge is 0.257 e. The molecule has 0 spiro atoms. The van der Waals surface area contributed by atoms with Crippen molar-refractivity contribution in [3.63, 3.8) is 0 Å². The summed E-state index contributed by atoms with van der Waals surface area (Å²) in [4.78, 5) is 11.1. The molecular formula is C17H20N2O2. The molecule has 2 aromatic rings. The summed E-state index contributed by atoms with van der Waals surface area (Å²) in [5.41, 5.74) is 2.29. The average Bonchev–Trinajstić information content (AvgIpc) is 2.54. The van der Waals surface area contributed by atoms with Gasteiger partial charge in [-0.05, 0) is 24.1 Å². The van der Waals surface area contributed by atoms with Crippen molar-refractivity contribution >= 4 is 11.6 Å². The van der Waals surface area contributed by atoms with E-state index in [0.29, 0.717) is 5.75 Å². The summed E-state index contributed by atoms with van der Waals surface area (Å²) in [6.45, 7) is 0.882. The van der Waals surface area contributed by atoms with Crippen molar-refractivity contribution in [3.8, 4) is 5.75 Å². The zero-order valence-electron chi connectivity index (χ0n) is 12.1. The Hall–Kier alpha value is -2.49. The van der Waals surface area contributed by atoms with Gasteiger partial charge in [0.05, 0.1) is 0 Å². The minimum Gasteiger partial charge on any atom is -0.484 e. The Morgan fingerprint density at radius 1 is 1.10 bits per heavy atom. The maximum Gasteiger partial charge on any atom is 0.257 e. The SMILES string of the molecule is CNC(=O)COc1cccc(NCCc2ccccc2)c1. The summed E-state index contributed by atoms with van der Waals surface area (Å²) < 4.78 is 5.41. The van der Waals surface area contributed by atoms with Gasteiger partial charge in [0, 0.05) is 25.3 Å². The topological polar surface area (TPSA) is 50.4 Å². The van der Waals surface area contributed by atoms with Crippen LogP contribution in [-0.4, -0.2) is 26.1 Å². The Bertz CT molecular complexity index is 570. The van der Waals surface area contributed by atoms with Crippen molar-refractivity contribution in [2.45, 2.75) is 6.42 Å². The maximum atomic E-state index is 11.1. The van der Waals surface area contributed by atoms with E-state index in [9.17, 15) is 4.79 Å². The molecule has 0 aromatic heterocycles. The van der Waals surface area contributed by atoms with Crippen LogP contribution in [-0.2, 0) is 11.2 Å². The first kappa shape index (κ1) is 14.9. The van der Waals surface area contributed by atoms with Gasteiger partial charge in [-0.3, -0.25) is 4.79 Å². The molecule has 2 rings (SSSR count). The highest BCUT2D eigenvalue weighted by Gasteiger charge is 2.01. The number of ether oxygens (including phenoxy) is 1. The lowest BCUT2D eigenvalue weighted by molar-refractivity contribution is -0.122. The number of likely N-dealkylation sites (N-methyl/N-ethyl adjacent to an activating group) is 1. The molecule has 0 aliphatic rings. The van der Waals surface area contributed by atoms with E-state index in [1.165, 1.54) is 5.56 Å². The van der Waals surface area contributed by atoms with Crippen LogP contribution in [0.15, 0.2) is 54.6 Å².